The Morgan fingerprint density at radius 3 is 2.45 bits per heavy atom. The smallest absolute Gasteiger partial charge is 0.123 e. The van der Waals surface area contributed by atoms with Gasteiger partial charge in [0.2, 0.25) is 0 Å². The highest BCUT2D eigenvalue weighted by Crippen LogP contribution is 2.41. The molecule has 1 aliphatic carbocycles. The van der Waals surface area contributed by atoms with Crippen molar-refractivity contribution in [2.75, 3.05) is 6.61 Å². The molecule has 1 saturated carbocycles. The third kappa shape index (κ3) is 3.21. The Morgan fingerprint density at radius 1 is 1.25 bits per heavy atom. The molecule has 20 heavy (non-hydrogen) atoms. The van der Waals surface area contributed by atoms with E-state index in [1.165, 1.54) is 25.0 Å². The van der Waals surface area contributed by atoms with Gasteiger partial charge < -0.3 is 9.84 Å². The summed E-state index contributed by atoms with van der Waals surface area (Å²) < 4.78 is 19.3. The van der Waals surface area contributed by atoms with Gasteiger partial charge in [-0.3, -0.25) is 0 Å². The maximum Gasteiger partial charge on any atom is 0.123 e. The Labute approximate surface area is 121 Å². The van der Waals surface area contributed by atoms with E-state index in [4.69, 9.17) is 4.74 Å². The van der Waals surface area contributed by atoms with Gasteiger partial charge in [0.25, 0.3) is 0 Å². The van der Waals surface area contributed by atoms with Crippen LogP contribution in [0.3, 0.4) is 0 Å². The van der Waals surface area contributed by atoms with Crippen molar-refractivity contribution >= 4 is 0 Å². The molecule has 112 valence electrons. The van der Waals surface area contributed by atoms with Crippen LogP contribution in [0.25, 0.3) is 0 Å². The molecule has 1 fully saturated rings. The molecule has 0 spiro atoms. The lowest BCUT2D eigenvalue weighted by Crippen LogP contribution is -2.39. The van der Waals surface area contributed by atoms with Gasteiger partial charge in [0.1, 0.15) is 11.9 Å². The summed E-state index contributed by atoms with van der Waals surface area (Å²) in [7, 11) is 0. The molecule has 2 nitrogen and oxygen atoms in total. The summed E-state index contributed by atoms with van der Waals surface area (Å²) in [6.45, 7) is 4.41. The molecule has 0 amide bonds. The van der Waals surface area contributed by atoms with E-state index in [0.717, 1.165) is 36.8 Å². The van der Waals surface area contributed by atoms with Gasteiger partial charge in [-0.25, -0.2) is 4.39 Å². The van der Waals surface area contributed by atoms with Crippen molar-refractivity contribution in [2.45, 2.75) is 64.1 Å². The third-order valence-corrected chi connectivity index (χ3v) is 4.41. The lowest BCUT2D eigenvalue weighted by atomic mass is 9.83. The Balaban J connectivity index is 2.31. The minimum atomic E-state index is -0.679. The van der Waals surface area contributed by atoms with Gasteiger partial charge in [-0.2, -0.15) is 0 Å². The van der Waals surface area contributed by atoms with Gasteiger partial charge in [0.05, 0.1) is 5.60 Å². The molecule has 2 rings (SSSR count). The number of aliphatic hydroxyl groups excluding tert-OH is 1. The number of aliphatic hydroxyl groups is 1. The van der Waals surface area contributed by atoms with Crippen LogP contribution in [0.4, 0.5) is 4.39 Å². The fourth-order valence-corrected chi connectivity index (χ4v) is 3.34. The summed E-state index contributed by atoms with van der Waals surface area (Å²) in [6.07, 6.45) is 5.63. The molecule has 3 heteroatoms. The van der Waals surface area contributed by atoms with E-state index in [1.54, 1.807) is 6.07 Å². The molecular weight excluding hydrogens is 255 g/mol. The highest BCUT2D eigenvalue weighted by molar-refractivity contribution is 5.30. The average molecular weight is 280 g/mol. The van der Waals surface area contributed by atoms with Gasteiger partial charge in [-0.1, -0.05) is 31.7 Å². The summed E-state index contributed by atoms with van der Waals surface area (Å²) in [6, 6.07) is 4.60. The van der Waals surface area contributed by atoms with Crippen molar-refractivity contribution in [1.82, 2.24) is 0 Å². The first-order chi connectivity index (χ1) is 9.59. The molecule has 0 aromatic heterocycles. The molecule has 0 heterocycles. The molecule has 0 saturated heterocycles. The van der Waals surface area contributed by atoms with Crippen LogP contribution in [0.15, 0.2) is 18.2 Å². The summed E-state index contributed by atoms with van der Waals surface area (Å²) in [5.41, 5.74) is 1.08. The quantitative estimate of drug-likeness (QED) is 0.833. The van der Waals surface area contributed by atoms with Gasteiger partial charge in [0, 0.05) is 6.61 Å². The molecule has 0 radical (unpaired) electrons. The third-order valence-electron chi connectivity index (χ3n) is 4.41. The van der Waals surface area contributed by atoms with Crippen molar-refractivity contribution in [1.29, 1.82) is 0 Å². The Kier molecular flexibility index (Phi) is 5.17. The number of ether oxygens (including phenoxy) is 1. The zero-order chi connectivity index (χ0) is 14.6. The van der Waals surface area contributed by atoms with Crippen LogP contribution in [0.1, 0.15) is 62.7 Å². The van der Waals surface area contributed by atoms with Gasteiger partial charge in [0.15, 0.2) is 0 Å². The Bertz CT molecular complexity index is 437. The maximum atomic E-state index is 13.2. The topological polar surface area (TPSA) is 29.5 Å². The predicted octanol–water partition coefficient (Wildman–Crippen LogP) is 4.30. The number of benzene rings is 1. The number of halogens is 1. The van der Waals surface area contributed by atoms with Crippen molar-refractivity contribution in [3.05, 3.63) is 35.1 Å². The Hall–Kier alpha value is -0.930. The molecule has 1 unspecified atom stereocenters. The average Bonchev–Trinajstić information content (AvgIpc) is 2.65. The van der Waals surface area contributed by atoms with Crippen LogP contribution in [0, 0.1) is 12.7 Å². The van der Waals surface area contributed by atoms with Crippen LogP contribution < -0.4 is 0 Å². The lowest BCUT2D eigenvalue weighted by Gasteiger charge is -2.38. The zero-order valence-corrected chi connectivity index (χ0v) is 12.5. The molecule has 1 aliphatic rings. The Morgan fingerprint density at radius 2 is 1.90 bits per heavy atom. The SMILES string of the molecule is CCOC1(C(O)c2ccc(F)cc2C)CCCCCC1. The highest BCUT2D eigenvalue weighted by atomic mass is 19.1. The predicted molar refractivity (Wildman–Crippen MR) is 78.2 cm³/mol. The van der Waals surface area contributed by atoms with Gasteiger partial charge in [-0.15, -0.1) is 0 Å². The van der Waals surface area contributed by atoms with E-state index in [1.807, 2.05) is 13.8 Å². The van der Waals surface area contributed by atoms with Gasteiger partial charge >= 0.3 is 0 Å². The molecular formula is C17H25FO2. The van der Waals surface area contributed by atoms with E-state index >= 15 is 0 Å². The maximum absolute atomic E-state index is 13.2. The van der Waals surface area contributed by atoms with E-state index in [0.29, 0.717) is 6.61 Å². The second kappa shape index (κ2) is 6.68. The first-order valence-electron chi connectivity index (χ1n) is 7.67. The second-order valence-electron chi connectivity index (χ2n) is 5.82. The van der Waals surface area contributed by atoms with Crippen molar-refractivity contribution in [3.63, 3.8) is 0 Å². The number of rotatable bonds is 4. The zero-order valence-electron chi connectivity index (χ0n) is 12.5. The normalized spacial score (nSPS) is 20.4. The molecule has 1 aromatic carbocycles. The summed E-state index contributed by atoms with van der Waals surface area (Å²) >= 11 is 0. The van der Waals surface area contributed by atoms with Crippen LogP contribution in [-0.2, 0) is 4.74 Å². The van der Waals surface area contributed by atoms with Crippen molar-refractivity contribution in [3.8, 4) is 0 Å². The van der Waals surface area contributed by atoms with Crippen LogP contribution in [0.2, 0.25) is 0 Å². The molecule has 1 aromatic rings. The minimum absolute atomic E-state index is 0.259. The van der Waals surface area contributed by atoms with Crippen molar-refractivity contribution in [2.24, 2.45) is 0 Å². The van der Waals surface area contributed by atoms with E-state index < -0.39 is 11.7 Å². The lowest BCUT2D eigenvalue weighted by molar-refractivity contribution is -0.131. The van der Waals surface area contributed by atoms with Gasteiger partial charge in [-0.05, 0) is 49.9 Å². The van der Waals surface area contributed by atoms with E-state index in [9.17, 15) is 9.50 Å². The molecule has 1 atom stereocenters. The standard InChI is InChI=1S/C17H25FO2/c1-3-20-17(10-6-4-5-7-11-17)16(19)15-9-8-14(18)12-13(15)2/h8-9,12,16,19H,3-7,10-11H2,1-2H3. The number of aryl methyl sites for hydroxylation is 1. The molecule has 0 aliphatic heterocycles. The molecule has 1 N–H and O–H groups in total. The fraction of sp³-hybridized carbons (Fsp3) is 0.647. The minimum Gasteiger partial charge on any atom is -0.385 e. The highest BCUT2D eigenvalue weighted by Gasteiger charge is 2.40. The van der Waals surface area contributed by atoms with Crippen LogP contribution in [0.5, 0.6) is 0 Å². The second-order valence-corrected chi connectivity index (χ2v) is 5.82. The molecule has 0 bridgehead atoms. The van der Waals surface area contributed by atoms with E-state index in [-0.39, 0.29) is 5.82 Å². The fourth-order valence-electron chi connectivity index (χ4n) is 3.34. The van der Waals surface area contributed by atoms with Crippen LogP contribution >= 0.6 is 0 Å². The largest absolute Gasteiger partial charge is 0.385 e. The first-order valence-corrected chi connectivity index (χ1v) is 7.67. The number of hydrogen-bond acceptors (Lipinski definition) is 2. The van der Waals surface area contributed by atoms with Crippen LogP contribution in [-0.4, -0.2) is 17.3 Å². The van der Waals surface area contributed by atoms with Crippen molar-refractivity contribution < 1.29 is 14.2 Å². The monoisotopic (exact) mass is 280 g/mol. The first kappa shape index (κ1) is 15.5. The number of hydrogen-bond donors (Lipinski definition) is 1. The summed E-state index contributed by atoms with van der Waals surface area (Å²) in [4.78, 5) is 0. The summed E-state index contributed by atoms with van der Waals surface area (Å²) in [5.74, 6) is -0.259. The van der Waals surface area contributed by atoms with E-state index in [2.05, 4.69) is 0 Å². The summed E-state index contributed by atoms with van der Waals surface area (Å²) in [5, 5.41) is 10.9.